The van der Waals surface area contributed by atoms with Gasteiger partial charge in [-0.3, -0.25) is 4.57 Å². The third kappa shape index (κ3) is 2.20. The van der Waals surface area contributed by atoms with Crippen LogP contribution < -0.4 is 5.32 Å². The molecule has 0 unspecified atom stereocenters. The lowest BCUT2D eigenvalue weighted by atomic mass is 10.3. The van der Waals surface area contributed by atoms with Crippen molar-refractivity contribution in [2.75, 3.05) is 5.32 Å². The predicted octanol–water partition coefficient (Wildman–Crippen LogP) is 2.32. The minimum absolute atomic E-state index is 0.287. The van der Waals surface area contributed by atoms with E-state index in [0.29, 0.717) is 16.5 Å². The van der Waals surface area contributed by atoms with Gasteiger partial charge in [0.05, 0.1) is 11.4 Å². The Labute approximate surface area is 97.1 Å². The highest BCUT2D eigenvalue weighted by molar-refractivity contribution is 6.29. The molecule has 2 rings (SSSR count). The van der Waals surface area contributed by atoms with Gasteiger partial charge in [0.25, 0.3) is 0 Å². The van der Waals surface area contributed by atoms with E-state index in [0.717, 1.165) is 0 Å². The maximum atomic E-state index is 11.7. The molecule has 0 fully saturated rings. The van der Waals surface area contributed by atoms with Crippen LogP contribution in [0.4, 0.5) is 10.5 Å². The maximum Gasteiger partial charge on any atom is 0.331 e. The van der Waals surface area contributed by atoms with Gasteiger partial charge >= 0.3 is 6.03 Å². The molecule has 0 aliphatic carbocycles. The molecule has 82 valence electrons. The Morgan fingerprint density at radius 2 is 2.31 bits per heavy atom. The van der Waals surface area contributed by atoms with Gasteiger partial charge in [0, 0.05) is 12.4 Å². The molecule has 0 radical (unpaired) electrons. The van der Waals surface area contributed by atoms with Gasteiger partial charge in [-0.25, -0.2) is 14.8 Å². The first-order chi connectivity index (χ1) is 7.66. The second-order valence-corrected chi connectivity index (χ2v) is 3.55. The van der Waals surface area contributed by atoms with Crippen LogP contribution in [0.3, 0.4) is 0 Å². The highest BCUT2D eigenvalue weighted by Crippen LogP contribution is 2.15. The van der Waals surface area contributed by atoms with Gasteiger partial charge in [-0.15, -0.1) is 0 Å². The van der Waals surface area contributed by atoms with Gasteiger partial charge < -0.3 is 5.32 Å². The smallest absolute Gasteiger partial charge is 0.305 e. The number of nitrogens with zero attached hydrogens (tertiary/aromatic N) is 3. The van der Waals surface area contributed by atoms with Crippen LogP contribution in [-0.4, -0.2) is 20.6 Å². The van der Waals surface area contributed by atoms with Crippen LogP contribution in [0, 0.1) is 6.92 Å². The predicted molar refractivity (Wildman–Crippen MR) is 60.6 cm³/mol. The number of amides is 1. The van der Waals surface area contributed by atoms with Crippen molar-refractivity contribution in [3.63, 3.8) is 0 Å². The number of pyridine rings is 1. The fraction of sp³-hybridized carbons (Fsp3) is 0.100. The lowest BCUT2D eigenvalue weighted by Gasteiger charge is -2.07. The zero-order valence-electron chi connectivity index (χ0n) is 8.51. The summed E-state index contributed by atoms with van der Waals surface area (Å²) in [4.78, 5) is 19.5. The standard InChI is InChI=1S/C10H9ClN4O/c1-7-8(2-3-9(11)13-7)14-10(16)15-5-4-12-6-15/h2-6H,1H3,(H,14,16). The van der Waals surface area contributed by atoms with Crippen molar-refractivity contribution in [3.05, 3.63) is 41.7 Å². The molecule has 2 aromatic rings. The highest BCUT2D eigenvalue weighted by atomic mass is 35.5. The number of hydrogen-bond acceptors (Lipinski definition) is 3. The number of rotatable bonds is 1. The Morgan fingerprint density at radius 3 is 2.94 bits per heavy atom. The average Bonchev–Trinajstić information content (AvgIpc) is 2.75. The molecule has 1 N–H and O–H groups in total. The maximum absolute atomic E-state index is 11.7. The van der Waals surface area contributed by atoms with Gasteiger partial charge in [-0.2, -0.15) is 0 Å². The molecule has 0 atom stereocenters. The van der Waals surface area contributed by atoms with Crippen molar-refractivity contribution in [3.8, 4) is 0 Å². The van der Waals surface area contributed by atoms with E-state index in [1.165, 1.54) is 17.1 Å². The Balaban J connectivity index is 2.18. The quantitative estimate of drug-likeness (QED) is 0.773. The molecule has 0 saturated heterocycles. The number of nitrogens with one attached hydrogen (secondary N) is 1. The minimum atomic E-state index is -0.287. The number of imidazole rings is 1. The third-order valence-electron chi connectivity index (χ3n) is 2.03. The van der Waals surface area contributed by atoms with Crippen LogP contribution in [0.15, 0.2) is 30.9 Å². The van der Waals surface area contributed by atoms with Gasteiger partial charge in [-0.05, 0) is 19.1 Å². The summed E-state index contributed by atoms with van der Waals surface area (Å²) in [6, 6.07) is 3.04. The molecule has 1 amide bonds. The largest absolute Gasteiger partial charge is 0.331 e. The van der Waals surface area contributed by atoms with Crippen molar-refractivity contribution in [1.82, 2.24) is 14.5 Å². The second kappa shape index (κ2) is 4.32. The normalized spacial score (nSPS) is 10.1. The molecule has 2 aromatic heterocycles. The van der Waals surface area contributed by atoms with E-state index >= 15 is 0 Å². The highest BCUT2D eigenvalue weighted by Gasteiger charge is 2.06. The van der Waals surface area contributed by atoms with E-state index < -0.39 is 0 Å². The molecule has 5 nitrogen and oxygen atoms in total. The van der Waals surface area contributed by atoms with Crippen LogP contribution >= 0.6 is 11.6 Å². The van der Waals surface area contributed by atoms with E-state index in [2.05, 4.69) is 15.3 Å². The Hall–Kier alpha value is -1.88. The molecule has 16 heavy (non-hydrogen) atoms. The summed E-state index contributed by atoms with van der Waals surface area (Å²) in [7, 11) is 0. The van der Waals surface area contributed by atoms with Crippen molar-refractivity contribution in [2.24, 2.45) is 0 Å². The third-order valence-corrected chi connectivity index (χ3v) is 2.24. The zero-order valence-corrected chi connectivity index (χ0v) is 9.27. The first-order valence-electron chi connectivity index (χ1n) is 4.59. The van der Waals surface area contributed by atoms with Crippen molar-refractivity contribution >= 4 is 23.3 Å². The van der Waals surface area contributed by atoms with Gasteiger partial charge in [0.1, 0.15) is 11.5 Å². The molecule has 2 heterocycles. The number of aromatic nitrogens is 3. The van der Waals surface area contributed by atoms with E-state index in [1.807, 2.05) is 0 Å². The van der Waals surface area contributed by atoms with E-state index in [4.69, 9.17) is 11.6 Å². The summed E-state index contributed by atoms with van der Waals surface area (Å²) >= 11 is 5.71. The van der Waals surface area contributed by atoms with Crippen LogP contribution in [-0.2, 0) is 0 Å². The summed E-state index contributed by atoms with van der Waals surface area (Å²) in [6.07, 6.45) is 4.52. The zero-order chi connectivity index (χ0) is 11.5. The van der Waals surface area contributed by atoms with Crippen LogP contribution in [0.5, 0.6) is 0 Å². The van der Waals surface area contributed by atoms with Crippen LogP contribution in [0.2, 0.25) is 5.15 Å². The van der Waals surface area contributed by atoms with E-state index in [9.17, 15) is 4.79 Å². The van der Waals surface area contributed by atoms with Crippen molar-refractivity contribution in [1.29, 1.82) is 0 Å². The topological polar surface area (TPSA) is 59.8 Å². The number of hydrogen-bond donors (Lipinski definition) is 1. The lowest BCUT2D eigenvalue weighted by molar-refractivity contribution is 0.253. The fourth-order valence-electron chi connectivity index (χ4n) is 1.22. The molecular formula is C10H9ClN4O. The fourth-order valence-corrected chi connectivity index (χ4v) is 1.41. The van der Waals surface area contributed by atoms with Gasteiger partial charge in [-0.1, -0.05) is 11.6 Å². The second-order valence-electron chi connectivity index (χ2n) is 3.17. The Morgan fingerprint density at radius 1 is 1.50 bits per heavy atom. The van der Waals surface area contributed by atoms with Gasteiger partial charge in [0.2, 0.25) is 0 Å². The lowest BCUT2D eigenvalue weighted by Crippen LogP contribution is -2.18. The van der Waals surface area contributed by atoms with E-state index in [-0.39, 0.29) is 6.03 Å². The molecule has 6 heteroatoms. The number of anilines is 1. The van der Waals surface area contributed by atoms with Crippen molar-refractivity contribution < 1.29 is 4.79 Å². The van der Waals surface area contributed by atoms with E-state index in [1.54, 1.807) is 25.3 Å². The summed E-state index contributed by atoms with van der Waals surface area (Å²) in [6.45, 7) is 1.77. The SMILES string of the molecule is Cc1nc(Cl)ccc1NC(=O)n1ccnc1. The van der Waals surface area contributed by atoms with Crippen LogP contribution in [0.1, 0.15) is 5.69 Å². The summed E-state index contributed by atoms with van der Waals surface area (Å²) < 4.78 is 1.34. The molecule has 0 aromatic carbocycles. The summed E-state index contributed by atoms with van der Waals surface area (Å²) in [5.74, 6) is 0. The summed E-state index contributed by atoms with van der Waals surface area (Å²) in [5.41, 5.74) is 1.30. The molecule has 0 aliphatic rings. The average molecular weight is 237 g/mol. The number of halogens is 1. The first kappa shape index (κ1) is 10.6. The number of aryl methyl sites for hydroxylation is 1. The Kier molecular flexibility index (Phi) is 2.87. The monoisotopic (exact) mass is 236 g/mol. The number of carbonyl (C=O) groups excluding carboxylic acids is 1. The summed E-state index contributed by atoms with van der Waals surface area (Å²) in [5, 5.41) is 3.10. The molecule has 0 bridgehead atoms. The Bertz CT molecular complexity index is 510. The minimum Gasteiger partial charge on any atom is -0.305 e. The van der Waals surface area contributed by atoms with Crippen molar-refractivity contribution in [2.45, 2.75) is 6.92 Å². The molecule has 0 spiro atoms. The first-order valence-corrected chi connectivity index (χ1v) is 4.97. The van der Waals surface area contributed by atoms with Gasteiger partial charge in [0.15, 0.2) is 0 Å². The molecule has 0 saturated carbocycles. The van der Waals surface area contributed by atoms with Crippen LogP contribution in [0.25, 0.3) is 0 Å². The molecule has 0 aliphatic heterocycles. The number of carbonyl (C=O) groups is 1. The molecular weight excluding hydrogens is 228 g/mol.